The van der Waals surface area contributed by atoms with Gasteiger partial charge in [0.2, 0.25) is 0 Å². The van der Waals surface area contributed by atoms with Crippen LogP contribution in [0.2, 0.25) is 0 Å². The molecule has 0 N–H and O–H groups in total. The summed E-state index contributed by atoms with van der Waals surface area (Å²) in [6, 6.07) is 1.07. The Morgan fingerprint density at radius 3 is 2.17 bits per heavy atom. The van der Waals surface area contributed by atoms with Crippen molar-refractivity contribution in [3.8, 4) is 0 Å². The third kappa shape index (κ3) is 1.72. The highest BCUT2D eigenvalue weighted by atomic mass is 32.1. The molecule has 0 nitrogen and oxygen atoms in total. The molecular weight excluding hydrogens is 192 g/mol. The van der Waals surface area contributed by atoms with Gasteiger partial charge in [0, 0.05) is 11.0 Å². The number of hydrogen-bond acceptors (Lipinski definition) is 1. The fraction of sp³-hybridized carbons (Fsp3) is 0.143. The minimum Gasteiger partial charge on any atom is -0.206 e. The lowest BCUT2D eigenvalue weighted by Crippen LogP contribution is -1.92. The van der Waals surface area contributed by atoms with Gasteiger partial charge in [-0.2, -0.15) is 0 Å². The monoisotopic (exact) mass is 196 g/mol. The molecule has 0 spiro atoms. The van der Waals surface area contributed by atoms with Gasteiger partial charge in [0.25, 0.3) is 6.43 Å². The van der Waals surface area contributed by atoms with Crippen molar-refractivity contribution in [2.24, 2.45) is 0 Å². The summed E-state index contributed by atoms with van der Waals surface area (Å²) in [4.78, 5) is -0.285. The second-order valence-electron chi connectivity index (χ2n) is 2.13. The van der Waals surface area contributed by atoms with Crippen molar-refractivity contribution >= 4 is 12.6 Å². The Morgan fingerprint density at radius 2 is 1.67 bits per heavy atom. The molecule has 1 aromatic rings. The molecule has 0 heterocycles. The van der Waals surface area contributed by atoms with Gasteiger partial charge < -0.3 is 0 Å². The van der Waals surface area contributed by atoms with Gasteiger partial charge in [-0.3, -0.25) is 0 Å². The van der Waals surface area contributed by atoms with E-state index in [1.54, 1.807) is 0 Å². The number of halogens is 4. The normalized spacial score (nSPS) is 10.8. The topological polar surface area (TPSA) is 0 Å². The van der Waals surface area contributed by atoms with E-state index in [1.165, 1.54) is 0 Å². The summed E-state index contributed by atoms with van der Waals surface area (Å²) in [6.07, 6.45) is -2.95. The van der Waals surface area contributed by atoms with Crippen LogP contribution in [-0.2, 0) is 0 Å². The van der Waals surface area contributed by atoms with Crippen LogP contribution in [0.4, 0.5) is 17.6 Å². The van der Waals surface area contributed by atoms with E-state index in [4.69, 9.17) is 0 Å². The third-order valence-corrected chi connectivity index (χ3v) is 1.64. The molecule has 0 aliphatic heterocycles. The van der Waals surface area contributed by atoms with Crippen LogP contribution < -0.4 is 0 Å². The van der Waals surface area contributed by atoms with Gasteiger partial charge in [0.1, 0.15) is 11.6 Å². The van der Waals surface area contributed by atoms with Crippen molar-refractivity contribution in [2.45, 2.75) is 11.3 Å². The van der Waals surface area contributed by atoms with Crippen molar-refractivity contribution in [1.82, 2.24) is 0 Å². The van der Waals surface area contributed by atoms with Crippen molar-refractivity contribution in [3.05, 3.63) is 29.3 Å². The van der Waals surface area contributed by atoms with Gasteiger partial charge in [-0.1, -0.05) is 0 Å². The average molecular weight is 196 g/mol. The van der Waals surface area contributed by atoms with Crippen LogP contribution in [-0.4, -0.2) is 0 Å². The molecule has 0 bridgehead atoms. The highest BCUT2D eigenvalue weighted by Crippen LogP contribution is 2.26. The van der Waals surface area contributed by atoms with E-state index in [2.05, 4.69) is 12.6 Å². The third-order valence-electron chi connectivity index (χ3n) is 1.30. The van der Waals surface area contributed by atoms with E-state index in [0.29, 0.717) is 12.1 Å². The van der Waals surface area contributed by atoms with E-state index in [1.807, 2.05) is 0 Å². The van der Waals surface area contributed by atoms with E-state index in [-0.39, 0.29) is 4.90 Å². The average Bonchev–Trinajstić information content (AvgIpc) is 1.96. The van der Waals surface area contributed by atoms with Crippen molar-refractivity contribution < 1.29 is 17.6 Å². The lowest BCUT2D eigenvalue weighted by atomic mass is 10.2. The number of alkyl halides is 2. The number of rotatable bonds is 1. The summed E-state index contributed by atoms with van der Waals surface area (Å²) in [5, 5.41) is 0. The number of hydrogen-bond donors (Lipinski definition) is 1. The maximum atomic E-state index is 12.5. The van der Waals surface area contributed by atoms with E-state index in [9.17, 15) is 17.6 Å². The zero-order chi connectivity index (χ0) is 9.30. The minimum atomic E-state index is -2.95. The molecule has 0 atom stereocenters. The predicted octanol–water partition coefficient (Wildman–Crippen LogP) is 3.19. The zero-order valence-electron chi connectivity index (χ0n) is 5.69. The van der Waals surface area contributed by atoms with Gasteiger partial charge in [-0.25, -0.2) is 17.6 Å². The molecule has 0 aromatic heterocycles. The van der Waals surface area contributed by atoms with E-state index < -0.39 is 23.6 Å². The molecule has 12 heavy (non-hydrogen) atoms. The fourth-order valence-corrected chi connectivity index (χ4v) is 0.925. The summed E-state index contributed by atoms with van der Waals surface area (Å²) >= 11 is 3.53. The number of benzene rings is 1. The highest BCUT2D eigenvalue weighted by molar-refractivity contribution is 7.80. The van der Waals surface area contributed by atoms with Crippen molar-refractivity contribution in [1.29, 1.82) is 0 Å². The lowest BCUT2D eigenvalue weighted by molar-refractivity contribution is 0.146. The largest absolute Gasteiger partial charge is 0.266 e. The molecule has 1 aromatic carbocycles. The lowest BCUT2D eigenvalue weighted by Gasteiger charge is -2.02. The first kappa shape index (κ1) is 9.38. The molecule has 0 radical (unpaired) electrons. The van der Waals surface area contributed by atoms with Gasteiger partial charge in [-0.05, 0) is 6.07 Å². The van der Waals surface area contributed by atoms with Crippen molar-refractivity contribution in [2.75, 3.05) is 0 Å². The maximum Gasteiger partial charge on any atom is 0.266 e. The van der Waals surface area contributed by atoms with Gasteiger partial charge in [0.05, 0.1) is 5.56 Å². The summed E-state index contributed by atoms with van der Waals surface area (Å²) in [5.41, 5.74) is -0.832. The molecule has 66 valence electrons. The molecule has 1 rings (SSSR count). The van der Waals surface area contributed by atoms with Crippen LogP contribution in [0.5, 0.6) is 0 Å². The number of thiol groups is 1. The molecule has 5 heteroatoms. The van der Waals surface area contributed by atoms with Crippen molar-refractivity contribution in [3.63, 3.8) is 0 Å². The molecule has 0 saturated carbocycles. The molecule has 0 aliphatic carbocycles. The fourth-order valence-electron chi connectivity index (χ4n) is 0.721. The Morgan fingerprint density at radius 1 is 1.08 bits per heavy atom. The molecule has 0 aliphatic rings. The smallest absolute Gasteiger partial charge is 0.206 e. The molecule has 0 saturated heterocycles. The Bertz CT molecular complexity index is 298. The van der Waals surface area contributed by atoms with Crippen LogP contribution in [0.3, 0.4) is 0 Å². The van der Waals surface area contributed by atoms with Crippen LogP contribution in [0.25, 0.3) is 0 Å². The van der Waals surface area contributed by atoms with Crippen LogP contribution >= 0.6 is 12.6 Å². The summed E-state index contributed by atoms with van der Waals surface area (Å²) in [5.74, 6) is -2.19. The van der Waals surface area contributed by atoms with Crippen LogP contribution in [0.1, 0.15) is 12.0 Å². The first-order valence-electron chi connectivity index (χ1n) is 2.98. The summed E-state index contributed by atoms with van der Waals surface area (Å²) in [7, 11) is 0. The Hall–Kier alpha value is -0.710. The standard InChI is InChI=1S/C7H4F4S/c8-4-2-5(9)6(12)1-3(4)7(10)11/h1-2,7,12H. The second-order valence-corrected chi connectivity index (χ2v) is 2.61. The summed E-state index contributed by atoms with van der Waals surface area (Å²) < 4.78 is 48.9. The quantitative estimate of drug-likeness (QED) is 0.517. The Labute approximate surface area is 71.6 Å². The Balaban J connectivity index is 3.23. The van der Waals surface area contributed by atoms with Gasteiger partial charge in [-0.15, -0.1) is 12.6 Å². The molecule has 0 amide bonds. The molecule has 0 fully saturated rings. The highest BCUT2D eigenvalue weighted by Gasteiger charge is 2.15. The Kier molecular flexibility index (Phi) is 2.62. The first-order valence-corrected chi connectivity index (χ1v) is 3.43. The zero-order valence-corrected chi connectivity index (χ0v) is 6.59. The van der Waals surface area contributed by atoms with Crippen LogP contribution in [0.15, 0.2) is 17.0 Å². The van der Waals surface area contributed by atoms with Gasteiger partial charge >= 0.3 is 0 Å². The summed E-state index contributed by atoms with van der Waals surface area (Å²) in [6.45, 7) is 0. The first-order chi connectivity index (χ1) is 5.52. The van der Waals surface area contributed by atoms with Gasteiger partial charge in [0.15, 0.2) is 0 Å². The maximum absolute atomic E-state index is 12.5. The van der Waals surface area contributed by atoms with E-state index in [0.717, 1.165) is 0 Å². The SMILES string of the molecule is Fc1cc(F)c(C(F)F)cc1S. The van der Waals surface area contributed by atoms with Crippen LogP contribution in [0, 0.1) is 11.6 Å². The molecular formula is C7H4F4S. The molecule has 0 unspecified atom stereocenters. The minimum absolute atomic E-state index is 0.285. The predicted molar refractivity (Wildman–Crippen MR) is 38.6 cm³/mol. The van der Waals surface area contributed by atoms with E-state index >= 15 is 0 Å². The second kappa shape index (κ2) is 3.35.